The monoisotopic (exact) mass is 290 g/mol. The van der Waals surface area contributed by atoms with Crippen molar-refractivity contribution in [2.24, 2.45) is 0 Å². The Kier molecular flexibility index (Phi) is 4.47. The molecular weight excluding hydrogens is 276 g/mol. The van der Waals surface area contributed by atoms with Gasteiger partial charge in [0.05, 0.1) is 12.0 Å². The van der Waals surface area contributed by atoms with Crippen LogP contribution in [-0.2, 0) is 4.79 Å². The predicted octanol–water partition coefficient (Wildman–Crippen LogP) is 2.22. The Labute approximate surface area is 120 Å². The number of benzene rings is 1. The molecule has 2 aromatic rings. The first kappa shape index (κ1) is 14.2. The van der Waals surface area contributed by atoms with E-state index >= 15 is 0 Å². The molecule has 0 radical (unpaired) electrons. The molecule has 5 nitrogen and oxygen atoms in total. The smallest absolute Gasteiger partial charge is 0.293 e. The fourth-order valence-electron chi connectivity index (χ4n) is 1.57. The number of anilines is 1. The lowest BCUT2D eigenvalue weighted by Crippen LogP contribution is -2.31. The van der Waals surface area contributed by atoms with Crippen LogP contribution in [0.15, 0.2) is 45.9 Å². The first-order valence-corrected chi connectivity index (χ1v) is 6.91. The van der Waals surface area contributed by atoms with E-state index in [1.54, 1.807) is 6.07 Å². The van der Waals surface area contributed by atoms with Crippen LogP contribution in [0.2, 0.25) is 0 Å². The van der Waals surface area contributed by atoms with Gasteiger partial charge in [-0.15, -0.1) is 11.8 Å². The first-order chi connectivity index (χ1) is 9.56. The Bertz CT molecular complexity index is 623. The lowest BCUT2D eigenvalue weighted by atomic mass is 10.2. The highest BCUT2D eigenvalue weighted by Gasteiger charge is 2.13. The number of nitrogen functional groups attached to an aromatic ring is 1. The molecule has 0 aliphatic rings. The quantitative estimate of drug-likeness (QED) is 0.666. The zero-order valence-electron chi connectivity index (χ0n) is 10.9. The SMILES string of the molecule is Cc1ccc(SCC(=O)NC(=O)c2ccco2)c(N)c1. The molecule has 1 aromatic heterocycles. The average Bonchev–Trinajstić information content (AvgIpc) is 2.91. The molecule has 1 aromatic carbocycles. The molecule has 0 aliphatic heterocycles. The van der Waals surface area contributed by atoms with Crippen LogP contribution in [0.25, 0.3) is 0 Å². The number of aryl methyl sites for hydroxylation is 1. The van der Waals surface area contributed by atoms with Crippen molar-refractivity contribution in [2.45, 2.75) is 11.8 Å². The molecule has 2 rings (SSSR count). The molecule has 0 saturated heterocycles. The number of hydrogen-bond acceptors (Lipinski definition) is 5. The normalized spacial score (nSPS) is 10.2. The Morgan fingerprint density at radius 1 is 1.35 bits per heavy atom. The highest BCUT2D eigenvalue weighted by Crippen LogP contribution is 2.25. The third-order valence-electron chi connectivity index (χ3n) is 2.52. The maximum Gasteiger partial charge on any atom is 0.293 e. The second kappa shape index (κ2) is 6.29. The summed E-state index contributed by atoms with van der Waals surface area (Å²) >= 11 is 1.28. The fraction of sp³-hybridized carbons (Fsp3) is 0.143. The van der Waals surface area contributed by atoms with Crippen LogP contribution in [0.4, 0.5) is 5.69 Å². The van der Waals surface area contributed by atoms with E-state index in [1.807, 2.05) is 25.1 Å². The van der Waals surface area contributed by atoms with Crippen molar-refractivity contribution in [3.63, 3.8) is 0 Å². The van der Waals surface area contributed by atoms with E-state index in [4.69, 9.17) is 10.2 Å². The van der Waals surface area contributed by atoms with Crippen molar-refractivity contribution in [1.82, 2.24) is 5.32 Å². The van der Waals surface area contributed by atoms with E-state index < -0.39 is 11.8 Å². The van der Waals surface area contributed by atoms with Crippen molar-refractivity contribution >= 4 is 29.3 Å². The average molecular weight is 290 g/mol. The molecule has 6 heteroatoms. The zero-order chi connectivity index (χ0) is 14.5. The van der Waals surface area contributed by atoms with Crippen molar-refractivity contribution in [3.05, 3.63) is 47.9 Å². The topological polar surface area (TPSA) is 85.3 Å². The zero-order valence-corrected chi connectivity index (χ0v) is 11.7. The van der Waals surface area contributed by atoms with Crippen molar-refractivity contribution < 1.29 is 14.0 Å². The molecule has 0 fully saturated rings. The van der Waals surface area contributed by atoms with Gasteiger partial charge in [0, 0.05) is 10.6 Å². The van der Waals surface area contributed by atoms with Gasteiger partial charge in [0.15, 0.2) is 5.76 Å². The maximum atomic E-state index is 11.7. The third-order valence-corrected chi connectivity index (χ3v) is 3.61. The number of amides is 2. The van der Waals surface area contributed by atoms with Crippen molar-refractivity contribution in [1.29, 1.82) is 0 Å². The molecule has 1 heterocycles. The third kappa shape index (κ3) is 3.64. The number of nitrogens with one attached hydrogen (secondary N) is 1. The molecule has 0 saturated carbocycles. The summed E-state index contributed by atoms with van der Waals surface area (Å²) in [4.78, 5) is 24.1. The van der Waals surface area contributed by atoms with Crippen LogP contribution < -0.4 is 11.1 Å². The fourth-order valence-corrected chi connectivity index (χ4v) is 2.32. The lowest BCUT2D eigenvalue weighted by molar-refractivity contribution is -0.117. The minimum Gasteiger partial charge on any atom is -0.459 e. The van der Waals surface area contributed by atoms with Gasteiger partial charge in [0.2, 0.25) is 5.91 Å². The van der Waals surface area contributed by atoms with Crippen molar-refractivity contribution in [3.8, 4) is 0 Å². The molecule has 0 spiro atoms. The molecule has 2 amide bonds. The number of thioether (sulfide) groups is 1. The van der Waals surface area contributed by atoms with Gasteiger partial charge < -0.3 is 10.2 Å². The van der Waals surface area contributed by atoms with E-state index in [1.165, 1.54) is 24.1 Å². The number of carbonyl (C=O) groups excluding carboxylic acids is 2. The molecule has 0 unspecified atom stereocenters. The Morgan fingerprint density at radius 2 is 2.15 bits per heavy atom. The minimum atomic E-state index is -0.544. The molecule has 20 heavy (non-hydrogen) atoms. The van der Waals surface area contributed by atoms with E-state index in [9.17, 15) is 9.59 Å². The standard InChI is InChI=1S/C14H14N2O3S/c1-9-4-5-12(10(15)7-9)20-8-13(17)16-14(18)11-3-2-6-19-11/h2-7H,8,15H2,1H3,(H,16,17,18). The maximum absolute atomic E-state index is 11.7. The number of nitrogens with two attached hydrogens (primary N) is 1. The highest BCUT2D eigenvalue weighted by molar-refractivity contribution is 8.00. The second-order valence-electron chi connectivity index (χ2n) is 4.18. The van der Waals surface area contributed by atoms with Crippen LogP contribution in [0.1, 0.15) is 16.1 Å². The van der Waals surface area contributed by atoms with E-state index in [0.717, 1.165) is 10.5 Å². The molecular formula is C14H14N2O3S. The number of carbonyl (C=O) groups is 2. The van der Waals surface area contributed by atoms with Crippen LogP contribution >= 0.6 is 11.8 Å². The molecule has 104 valence electrons. The molecule has 0 aliphatic carbocycles. The van der Waals surface area contributed by atoms with Crippen molar-refractivity contribution in [2.75, 3.05) is 11.5 Å². The van der Waals surface area contributed by atoms with Gasteiger partial charge in [0.1, 0.15) is 0 Å². The van der Waals surface area contributed by atoms with E-state index in [-0.39, 0.29) is 11.5 Å². The molecule has 0 atom stereocenters. The summed E-state index contributed by atoms with van der Waals surface area (Å²) in [6.07, 6.45) is 1.38. The number of imide groups is 1. The number of rotatable bonds is 4. The number of hydrogen-bond donors (Lipinski definition) is 2. The predicted molar refractivity (Wildman–Crippen MR) is 77.5 cm³/mol. The summed E-state index contributed by atoms with van der Waals surface area (Å²) in [6, 6.07) is 8.70. The second-order valence-corrected chi connectivity index (χ2v) is 5.20. The molecule has 3 N–H and O–H groups in total. The molecule has 0 bridgehead atoms. The summed E-state index contributed by atoms with van der Waals surface area (Å²) in [5, 5.41) is 2.25. The van der Waals surface area contributed by atoms with Gasteiger partial charge in [-0.05, 0) is 36.8 Å². The summed E-state index contributed by atoms with van der Waals surface area (Å²) in [6.45, 7) is 1.94. The van der Waals surface area contributed by atoms with Crippen LogP contribution in [0, 0.1) is 6.92 Å². The van der Waals surface area contributed by atoms with Crippen LogP contribution in [0.3, 0.4) is 0 Å². The summed E-state index contributed by atoms with van der Waals surface area (Å²) in [7, 11) is 0. The Balaban J connectivity index is 1.88. The Hall–Kier alpha value is -2.21. The van der Waals surface area contributed by atoms with Gasteiger partial charge in [-0.1, -0.05) is 6.07 Å². The summed E-state index contributed by atoms with van der Waals surface area (Å²) in [5.41, 5.74) is 7.54. The lowest BCUT2D eigenvalue weighted by Gasteiger charge is -2.06. The highest BCUT2D eigenvalue weighted by atomic mass is 32.2. The summed E-state index contributed by atoms with van der Waals surface area (Å²) in [5.74, 6) is -0.716. The van der Waals surface area contributed by atoms with Gasteiger partial charge in [0.25, 0.3) is 5.91 Å². The van der Waals surface area contributed by atoms with Crippen LogP contribution in [0.5, 0.6) is 0 Å². The van der Waals surface area contributed by atoms with E-state index in [0.29, 0.717) is 5.69 Å². The Morgan fingerprint density at radius 3 is 2.80 bits per heavy atom. The van der Waals surface area contributed by atoms with Gasteiger partial charge >= 0.3 is 0 Å². The number of furan rings is 1. The van der Waals surface area contributed by atoms with Gasteiger partial charge in [-0.3, -0.25) is 14.9 Å². The van der Waals surface area contributed by atoms with Gasteiger partial charge in [-0.2, -0.15) is 0 Å². The largest absolute Gasteiger partial charge is 0.459 e. The van der Waals surface area contributed by atoms with E-state index in [2.05, 4.69) is 5.32 Å². The van der Waals surface area contributed by atoms with Crippen LogP contribution in [-0.4, -0.2) is 17.6 Å². The minimum absolute atomic E-state index is 0.109. The summed E-state index contributed by atoms with van der Waals surface area (Å²) < 4.78 is 4.90. The van der Waals surface area contributed by atoms with Gasteiger partial charge in [-0.25, -0.2) is 0 Å². The first-order valence-electron chi connectivity index (χ1n) is 5.93.